The Morgan fingerprint density at radius 3 is 2.31 bits per heavy atom. The molecule has 2 heterocycles. The summed E-state index contributed by atoms with van der Waals surface area (Å²) in [5.41, 5.74) is 1.08. The summed E-state index contributed by atoms with van der Waals surface area (Å²) in [6.45, 7) is 6.69. The van der Waals surface area contributed by atoms with Crippen LogP contribution in [0.4, 0.5) is 4.79 Å². The van der Waals surface area contributed by atoms with Crippen LogP contribution in [0.25, 0.3) is 11.3 Å². The molecule has 0 unspecified atom stereocenters. The minimum Gasteiger partial charge on any atom is -0.444 e. The molecule has 168 valence electrons. The van der Waals surface area contributed by atoms with E-state index >= 15 is 0 Å². The zero-order valence-corrected chi connectivity index (χ0v) is 18.7. The monoisotopic (exact) mass is 436 g/mol. The molecule has 1 aromatic heterocycles. The van der Waals surface area contributed by atoms with E-state index in [1.165, 1.54) is 0 Å². The van der Waals surface area contributed by atoms with Crippen molar-refractivity contribution in [2.45, 2.75) is 64.1 Å². The Balaban J connectivity index is 1.43. The zero-order chi connectivity index (χ0) is 22.9. The predicted molar refractivity (Wildman–Crippen MR) is 117 cm³/mol. The Morgan fingerprint density at radius 2 is 1.75 bits per heavy atom. The Labute approximate surface area is 187 Å². The van der Waals surface area contributed by atoms with Crippen LogP contribution in [0.3, 0.4) is 0 Å². The lowest BCUT2D eigenvalue weighted by Crippen LogP contribution is -2.50. The number of carbonyl (C=O) groups is 2. The Hall–Kier alpha value is -3.34. The zero-order valence-electron chi connectivity index (χ0n) is 18.7. The molecule has 0 atom stereocenters. The van der Waals surface area contributed by atoms with Crippen LogP contribution < -0.4 is 0 Å². The fourth-order valence-electron chi connectivity index (χ4n) is 3.99. The van der Waals surface area contributed by atoms with Crippen LogP contribution in [-0.4, -0.2) is 57.7 Å². The van der Waals surface area contributed by atoms with Crippen LogP contribution in [0.2, 0.25) is 0 Å². The SMILES string of the molecule is CC(C)(C)OC(=O)N1CCC(N(C(=O)c2cc(-c3ccc(C#N)cc3)on2)C2CC2)CC1. The van der Waals surface area contributed by atoms with E-state index in [9.17, 15) is 9.59 Å². The molecule has 1 saturated carbocycles. The van der Waals surface area contributed by atoms with Gasteiger partial charge in [0.15, 0.2) is 11.5 Å². The summed E-state index contributed by atoms with van der Waals surface area (Å²) in [6, 6.07) is 11.0. The number of carbonyl (C=O) groups excluding carboxylic acids is 2. The summed E-state index contributed by atoms with van der Waals surface area (Å²) >= 11 is 0. The molecule has 0 N–H and O–H groups in total. The predicted octanol–water partition coefficient (Wildman–Crippen LogP) is 4.22. The molecule has 8 heteroatoms. The number of hydrogen-bond donors (Lipinski definition) is 0. The first-order chi connectivity index (χ1) is 15.2. The van der Waals surface area contributed by atoms with Gasteiger partial charge in [0.25, 0.3) is 5.91 Å². The molecular formula is C24H28N4O4. The molecule has 1 saturated heterocycles. The van der Waals surface area contributed by atoms with Crippen LogP contribution >= 0.6 is 0 Å². The summed E-state index contributed by atoms with van der Waals surface area (Å²) in [7, 11) is 0. The molecule has 1 aromatic carbocycles. The van der Waals surface area contributed by atoms with Gasteiger partial charge >= 0.3 is 6.09 Å². The maximum Gasteiger partial charge on any atom is 0.410 e. The van der Waals surface area contributed by atoms with Gasteiger partial charge < -0.3 is 19.1 Å². The van der Waals surface area contributed by atoms with E-state index in [4.69, 9.17) is 14.5 Å². The molecule has 1 aliphatic carbocycles. The lowest BCUT2D eigenvalue weighted by atomic mass is 10.0. The van der Waals surface area contributed by atoms with Crippen molar-refractivity contribution < 1.29 is 18.8 Å². The second-order valence-electron chi connectivity index (χ2n) is 9.41. The van der Waals surface area contributed by atoms with Crippen LogP contribution in [0.5, 0.6) is 0 Å². The maximum atomic E-state index is 13.3. The maximum absolute atomic E-state index is 13.3. The van der Waals surface area contributed by atoms with Crippen molar-refractivity contribution in [1.82, 2.24) is 15.0 Å². The summed E-state index contributed by atoms with van der Waals surface area (Å²) in [6.07, 6.45) is 3.09. The molecule has 0 spiro atoms. The third-order valence-corrected chi connectivity index (χ3v) is 5.71. The highest BCUT2D eigenvalue weighted by Gasteiger charge is 2.40. The van der Waals surface area contributed by atoms with Gasteiger partial charge in [0, 0.05) is 36.8 Å². The number of nitriles is 1. The van der Waals surface area contributed by atoms with E-state index in [2.05, 4.69) is 11.2 Å². The first-order valence-corrected chi connectivity index (χ1v) is 11.0. The van der Waals surface area contributed by atoms with Crippen molar-refractivity contribution in [1.29, 1.82) is 5.26 Å². The van der Waals surface area contributed by atoms with Crippen LogP contribution in [0, 0.1) is 11.3 Å². The average molecular weight is 437 g/mol. The molecule has 0 radical (unpaired) electrons. The molecule has 4 rings (SSSR count). The van der Waals surface area contributed by atoms with Gasteiger partial charge in [-0.05, 0) is 70.7 Å². The van der Waals surface area contributed by atoms with Gasteiger partial charge in [-0.15, -0.1) is 0 Å². The fraction of sp³-hybridized carbons (Fsp3) is 0.500. The first-order valence-electron chi connectivity index (χ1n) is 11.0. The van der Waals surface area contributed by atoms with E-state index in [-0.39, 0.29) is 29.8 Å². The van der Waals surface area contributed by atoms with Gasteiger partial charge in [-0.1, -0.05) is 5.16 Å². The highest BCUT2D eigenvalue weighted by Crippen LogP contribution is 2.34. The van der Waals surface area contributed by atoms with Crippen molar-refractivity contribution >= 4 is 12.0 Å². The summed E-state index contributed by atoms with van der Waals surface area (Å²) in [5, 5.41) is 13.0. The molecule has 2 aromatic rings. The number of aromatic nitrogens is 1. The number of hydrogen-bond acceptors (Lipinski definition) is 6. The van der Waals surface area contributed by atoms with Crippen molar-refractivity contribution in [3.8, 4) is 17.4 Å². The summed E-state index contributed by atoms with van der Waals surface area (Å²) in [5.74, 6) is 0.361. The molecule has 1 aliphatic heterocycles. The van der Waals surface area contributed by atoms with Gasteiger partial charge in [-0.2, -0.15) is 5.26 Å². The van der Waals surface area contributed by atoms with Crippen molar-refractivity contribution in [2.75, 3.05) is 13.1 Å². The van der Waals surface area contributed by atoms with E-state index in [0.29, 0.717) is 37.3 Å². The second-order valence-corrected chi connectivity index (χ2v) is 9.41. The van der Waals surface area contributed by atoms with Gasteiger partial charge in [0.05, 0.1) is 11.6 Å². The van der Waals surface area contributed by atoms with Crippen LogP contribution in [0.1, 0.15) is 62.5 Å². The molecule has 2 amide bonds. The Kier molecular flexibility index (Phi) is 5.92. The van der Waals surface area contributed by atoms with Crippen LogP contribution in [0.15, 0.2) is 34.9 Å². The quantitative estimate of drug-likeness (QED) is 0.712. The average Bonchev–Trinajstić information content (AvgIpc) is 3.47. The second kappa shape index (κ2) is 8.65. The van der Waals surface area contributed by atoms with E-state index in [1.54, 1.807) is 35.2 Å². The third-order valence-electron chi connectivity index (χ3n) is 5.71. The molecule has 0 bridgehead atoms. The van der Waals surface area contributed by atoms with Crippen LogP contribution in [-0.2, 0) is 4.74 Å². The minimum absolute atomic E-state index is 0.0590. The number of likely N-dealkylation sites (tertiary alicyclic amines) is 1. The van der Waals surface area contributed by atoms with Crippen molar-refractivity contribution in [2.24, 2.45) is 0 Å². The van der Waals surface area contributed by atoms with Gasteiger partial charge in [-0.25, -0.2) is 4.79 Å². The fourth-order valence-corrected chi connectivity index (χ4v) is 3.99. The largest absolute Gasteiger partial charge is 0.444 e. The lowest BCUT2D eigenvalue weighted by Gasteiger charge is -2.38. The van der Waals surface area contributed by atoms with Crippen molar-refractivity contribution in [3.05, 3.63) is 41.6 Å². The molecule has 2 fully saturated rings. The van der Waals surface area contributed by atoms with Gasteiger partial charge in [0.2, 0.25) is 0 Å². The Bertz CT molecular complexity index is 1020. The molecular weight excluding hydrogens is 408 g/mol. The highest BCUT2D eigenvalue weighted by atomic mass is 16.6. The van der Waals surface area contributed by atoms with E-state index in [0.717, 1.165) is 18.4 Å². The lowest BCUT2D eigenvalue weighted by molar-refractivity contribution is 0.0141. The number of nitrogens with zero attached hydrogens (tertiary/aromatic N) is 4. The Morgan fingerprint density at radius 1 is 1.12 bits per heavy atom. The number of rotatable bonds is 4. The number of piperidine rings is 1. The number of amides is 2. The number of ether oxygens (including phenoxy) is 1. The topological polar surface area (TPSA) is 99.7 Å². The smallest absolute Gasteiger partial charge is 0.410 e. The minimum atomic E-state index is -0.524. The summed E-state index contributed by atoms with van der Waals surface area (Å²) < 4.78 is 10.9. The standard InChI is InChI=1S/C24H28N4O4/c1-24(2,3)31-23(30)27-12-10-19(11-13-27)28(18-8-9-18)22(29)20-14-21(32-26-20)17-6-4-16(15-25)5-7-17/h4-7,14,18-19H,8-13H2,1-3H3. The van der Waals surface area contributed by atoms with E-state index < -0.39 is 5.60 Å². The van der Waals surface area contributed by atoms with E-state index in [1.807, 2.05) is 25.7 Å². The molecule has 8 nitrogen and oxygen atoms in total. The normalized spacial score (nSPS) is 17.0. The summed E-state index contributed by atoms with van der Waals surface area (Å²) in [4.78, 5) is 29.3. The molecule has 2 aliphatic rings. The van der Waals surface area contributed by atoms with Gasteiger partial charge in [0.1, 0.15) is 5.60 Å². The van der Waals surface area contributed by atoms with Crippen molar-refractivity contribution in [3.63, 3.8) is 0 Å². The highest BCUT2D eigenvalue weighted by molar-refractivity contribution is 5.93. The first kappa shape index (κ1) is 21.9. The number of benzene rings is 1. The van der Waals surface area contributed by atoms with Gasteiger partial charge in [-0.3, -0.25) is 4.79 Å². The third kappa shape index (κ3) is 4.93. The molecule has 32 heavy (non-hydrogen) atoms.